The van der Waals surface area contributed by atoms with Crippen molar-refractivity contribution in [3.8, 4) is 0 Å². The maximum atomic E-state index is 12.0. The van der Waals surface area contributed by atoms with E-state index in [0.717, 1.165) is 5.69 Å². The molecule has 0 aliphatic heterocycles. The van der Waals surface area contributed by atoms with Gasteiger partial charge in [0.05, 0.1) is 11.9 Å². The smallest absolute Gasteiger partial charge is 0.283 e. The van der Waals surface area contributed by atoms with Gasteiger partial charge in [0.2, 0.25) is 0 Å². The highest BCUT2D eigenvalue weighted by Gasteiger charge is 2.21. The number of nitrogens with zero attached hydrogens (tertiary/aromatic N) is 2. The molecule has 5 heteroatoms. The van der Waals surface area contributed by atoms with Gasteiger partial charge in [0.1, 0.15) is 4.47 Å². The minimum absolute atomic E-state index is 0.0663. The molecule has 1 N–H and O–H groups in total. The molecule has 0 amide bonds. The number of hydrogen-bond donors (Lipinski definition) is 1. The van der Waals surface area contributed by atoms with Gasteiger partial charge in [-0.25, -0.2) is 4.68 Å². The summed E-state index contributed by atoms with van der Waals surface area (Å²) in [6, 6.07) is 0.385. The lowest BCUT2D eigenvalue weighted by atomic mass is 9.84. The fourth-order valence-electron chi connectivity index (χ4n) is 2.79. The average Bonchev–Trinajstić information content (AvgIpc) is 2.45. The van der Waals surface area contributed by atoms with Gasteiger partial charge >= 0.3 is 0 Å². The topological polar surface area (TPSA) is 46.9 Å². The van der Waals surface area contributed by atoms with E-state index in [4.69, 9.17) is 0 Å². The van der Waals surface area contributed by atoms with Crippen LogP contribution in [0.5, 0.6) is 0 Å². The van der Waals surface area contributed by atoms with Crippen molar-refractivity contribution in [3.63, 3.8) is 0 Å². The first-order chi connectivity index (χ1) is 9.13. The van der Waals surface area contributed by atoms with Gasteiger partial charge in [-0.1, -0.05) is 19.3 Å². The van der Waals surface area contributed by atoms with Crippen molar-refractivity contribution in [1.29, 1.82) is 0 Å². The first kappa shape index (κ1) is 14.6. The first-order valence-electron chi connectivity index (χ1n) is 7.15. The number of halogens is 1. The Morgan fingerprint density at radius 2 is 2.16 bits per heavy atom. The molecule has 0 bridgehead atoms. The van der Waals surface area contributed by atoms with Crippen molar-refractivity contribution in [3.05, 3.63) is 21.0 Å². The van der Waals surface area contributed by atoms with E-state index in [-0.39, 0.29) is 5.56 Å². The van der Waals surface area contributed by atoms with Crippen molar-refractivity contribution >= 4 is 21.6 Å². The fraction of sp³-hybridized carbons (Fsp3) is 0.714. The van der Waals surface area contributed by atoms with Crippen LogP contribution in [0, 0.1) is 5.92 Å². The molecule has 0 spiro atoms. The summed E-state index contributed by atoms with van der Waals surface area (Å²) in [5.41, 5.74) is 0.746. The van der Waals surface area contributed by atoms with Crippen LogP contribution in [0.4, 0.5) is 5.69 Å². The summed E-state index contributed by atoms with van der Waals surface area (Å²) in [6.07, 6.45) is 8.33. The van der Waals surface area contributed by atoms with Gasteiger partial charge in [-0.15, -0.1) is 0 Å². The fourth-order valence-corrected chi connectivity index (χ4v) is 3.21. The minimum Gasteiger partial charge on any atom is -0.380 e. The molecule has 1 aliphatic carbocycles. The van der Waals surface area contributed by atoms with Gasteiger partial charge in [0.25, 0.3) is 5.56 Å². The SMILES string of the molecule is CCn1ncc(NC(C)C2CCCCC2)c(Br)c1=O. The third-order valence-corrected chi connectivity index (χ3v) is 4.79. The molecular weight excluding hydrogens is 306 g/mol. The first-order valence-corrected chi connectivity index (χ1v) is 7.95. The summed E-state index contributed by atoms with van der Waals surface area (Å²) in [5, 5.41) is 7.62. The molecular formula is C14H22BrN3O. The largest absolute Gasteiger partial charge is 0.380 e. The normalized spacial score (nSPS) is 18.3. The molecule has 106 valence electrons. The number of hydrogen-bond acceptors (Lipinski definition) is 3. The van der Waals surface area contributed by atoms with E-state index in [1.165, 1.54) is 36.8 Å². The Morgan fingerprint density at radius 3 is 2.79 bits per heavy atom. The van der Waals surface area contributed by atoms with Gasteiger partial charge in [0.15, 0.2) is 0 Å². The van der Waals surface area contributed by atoms with Crippen molar-refractivity contribution in [2.75, 3.05) is 5.32 Å². The maximum Gasteiger partial charge on any atom is 0.283 e. The second-order valence-electron chi connectivity index (χ2n) is 5.32. The van der Waals surface area contributed by atoms with Crippen LogP contribution in [0.15, 0.2) is 15.5 Å². The average molecular weight is 328 g/mol. The third kappa shape index (κ3) is 3.38. The van der Waals surface area contributed by atoms with Crippen LogP contribution in [-0.2, 0) is 6.54 Å². The monoisotopic (exact) mass is 327 g/mol. The van der Waals surface area contributed by atoms with Gasteiger partial charge in [0, 0.05) is 12.6 Å². The third-order valence-electron chi connectivity index (χ3n) is 4.02. The maximum absolute atomic E-state index is 12.0. The van der Waals surface area contributed by atoms with Crippen LogP contribution in [-0.4, -0.2) is 15.8 Å². The molecule has 4 nitrogen and oxygen atoms in total. The molecule has 1 unspecified atom stereocenters. The second-order valence-corrected chi connectivity index (χ2v) is 6.12. The van der Waals surface area contributed by atoms with Crippen LogP contribution in [0.1, 0.15) is 46.0 Å². The molecule has 0 saturated heterocycles. The molecule has 19 heavy (non-hydrogen) atoms. The predicted molar refractivity (Wildman–Crippen MR) is 81.5 cm³/mol. The Hall–Kier alpha value is -0.840. The highest BCUT2D eigenvalue weighted by Crippen LogP contribution is 2.28. The summed E-state index contributed by atoms with van der Waals surface area (Å²) in [5.74, 6) is 0.703. The number of rotatable bonds is 4. The van der Waals surface area contributed by atoms with Gasteiger partial charge in [-0.2, -0.15) is 5.10 Å². The summed E-state index contributed by atoms with van der Waals surface area (Å²) in [7, 11) is 0. The molecule has 1 fully saturated rings. The van der Waals surface area contributed by atoms with Gasteiger partial charge in [-0.3, -0.25) is 4.79 Å². The van der Waals surface area contributed by atoms with Crippen LogP contribution >= 0.6 is 15.9 Å². The van der Waals surface area contributed by atoms with Crippen LogP contribution in [0.3, 0.4) is 0 Å². The molecule has 1 aliphatic rings. The molecule has 1 heterocycles. The van der Waals surface area contributed by atoms with Crippen molar-refractivity contribution in [2.45, 2.75) is 58.5 Å². The van der Waals surface area contributed by atoms with Gasteiger partial charge < -0.3 is 5.32 Å². The molecule has 0 aromatic carbocycles. The van der Waals surface area contributed by atoms with Crippen molar-refractivity contribution in [2.24, 2.45) is 5.92 Å². The molecule has 1 aromatic rings. The Bertz CT molecular complexity index is 480. The number of aromatic nitrogens is 2. The minimum atomic E-state index is -0.0663. The summed E-state index contributed by atoms with van der Waals surface area (Å²) in [4.78, 5) is 12.0. The van der Waals surface area contributed by atoms with E-state index in [9.17, 15) is 4.79 Å². The zero-order chi connectivity index (χ0) is 13.8. The summed E-state index contributed by atoms with van der Waals surface area (Å²) < 4.78 is 2.05. The van der Waals surface area contributed by atoms with Crippen LogP contribution in [0.2, 0.25) is 0 Å². The number of nitrogens with one attached hydrogen (secondary N) is 1. The zero-order valence-corrected chi connectivity index (χ0v) is 13.2. The zero-order valence-electron chi connectivity index (χ0n) is 11.7. The van der Waals surface area contributed by atoms with Crippen molar-refractivity contribution in [1.82, 2.24) is 9.78 Å². The Morgan fingerprint density at radius 1 is 1.47 bits per heavy atom. The van der Waals surface area contributed by atoms with E-state index in [0.29, 0.717) is 23.0 Å². The Labute approximate surface area is 122 Å². The van der Waals surface area contributed by atoms with E-state index in [1.54, 1.807) is 6.20 Å². The quantitative estimate of drug-likeness (QED) is 0.921. The number of anilines is 1. The highest BCUT2D eigenvalue weighted by molar-refractivity contribution is 9.10. The lowest BCUT2D eigenvalue weighted by Gasteiger charge is -2.29. The molecule has 1 aromatic heterocycles. The molecule has 1 saturated carbocycles. The molecule has 0 radical (unpaired) electrons. The van der Waals surface area contributed by atoms with Crippen LogP contribution in [0.25, 0.3) is 0 Å². The highest BCUT2D eigenvalue weighted by atomic mass is 79.9. The Balaban J connectivity index is 2.10. The van der Waals surface area contributed by atoms with E-state index in [1.807, 2.05) is 6.92 Å². The number of aryl methyl sites for hydroxylation is 1. The van der Waals surface area contributed by atoms with E-state index < -0.39 is 0 Å². The Kier molecular flexibility index (Phi) is 5.02. The van der Waals surface area contributed by atoms with E-state index in [2.05, 4.69) is 33.3 Å². The lowest BCUT2D eigenvalue weighted by molar-refractivity contribution is 0.328. The summed E-state index contributed by atoms with van der Waals surface area (Å²) >= 11 is 3.39. The molecule has 2 rings (SSSR count). The van der Waals surface area contributed by atoms with E-state index >= 15 is 0 Å². The lowest BCUT2D eigenvalue weighted by Crippen LogP contribution is -2.30. The van der Waals surface area contributed by atoms with Gasteiger partial charge in [-0.05, 0) is 48.5 Å². The molecule has 1 atom stereocenters. The summed E-state index contributed by atoms with van der Waals surface area (Å²) in [6.45, 7) is 4.71. The standard InChI is InChI=1S/C14H22BrN3O/c1-3-18-14(19)13(15)12(9-16-18)17-10(2)11-7-5-4-6-8-11/h9-11,17H,3-8H2,1-2H3. The van der Waals surface area contributed by atoms with Crippen LogP contribution < -0.4 is 10.9 Å². The van der Waals surface area contributed by atoms with Crippen molar-refractivity contribution < 1.29 is 0 Å². The predicted octanol–water partition coefficient (Wildman–Crippen LogP) is 3.41. The second kappa shape index (κ2) is 6.55.